The van der Waals surface area contributed by atoms with Crippen molar-refractivity contribution < 1.29 is 4.79 Å². The largest absolute Gasteiger partial charge is 0.343 e. The first-order valence-corrected chi connectivity index (χ1v) is 7.22. The van der Waals surface area contributed by atoms with Crippen LogP contribution in [0, 0.1) is 0 Å². The molecule has 2 nitrogen and oxygen atoms in total. The molecule has 15 heavy (non-hydrogen) atoms. The summed E-state index contributed by atoms with van der Waals surface area (Å²) in [4.78, 5) is 13.7. The van der Waals surface area contributed by atoms with Crippen LogP contribution >= 0.6 is 15.9 Å². The first-order valence-electron chi connectivity index (χ1n) is 6.10. The molecule has 0 aromatic rings. The maximum absolute atomic E-state index is 11.8. The van der Waals surface area contributed by atoms with E-state index in [1.54, 1.807) is 0 Å². The van der Waals surface area contributed by atoms with Gasteiger partial charge in [0.25, 0.3) is 0 Å². The van der Waals surface area contributed by atoms with Crippen LogP contribution in [0.3, 0.4) is 0 Å². The summed E-state index contributed by atoms with van der Waals surface area (Å²) in [6.07, 6.45) is 6.51. The molecule has 0 saturated heterocycles. The Morgan fingerprint density at radius 1 is 1.13 bits per heavy atom. The molecule has 3 heteroatoms. The van der Waals surface area contributed by atoms with E-state index in [2.05, 4.69) is 29.8 Å². The fraction of sp³-hybridized carbons (Fsp3) is 0.917. The average molecular weight is 278 g/mol. The Bertz CT molecular complexity index is 162. The molecule has 0 aromatic carbocycles. The van der Waals surface area contributed by atoms with E-state index in [1.807, 2.05) is 4.90 Å². The Kier molecular flexibility index (Phi) is 10.4. The van der Waals surface area contributed by atoms with Crippen molar-refractivity contribution in [2.45, 2.75) is 52.4 Å². The van der Waals surface area contributed by atoms with Gasteiger partial charge in [-0.05, 0) is 19.8 Å². The number of alkyl halides is 1. The molecule has 0 bridgehead atoms. The maximum Gasteiger partial charge on any atom is 0.222 e. The van der Waals surface area contributed by atoms with E-state index in [0.717, 1.165) is 37.7 Å². The van der Waals surface area contributed by atoms with Crippen LogP contribution in [-0.2, 0) is 4.79 Å². The van der Waals surface area contributed by atoms with Crippen molar-refractivity contribution in [1.29, 1.82) is 0 Å². The van der Waals surface area contributed by atoms with Gasteiger partial charge in [0.15, 0.2) is 0 Å². The zero-order chi connectivity index (χ0) is 11.5. The van der Waals surface area contributed by atoms with E-state index >= 15 is 0 Å². The third-order valence-electron chi connectivity index (χ3n) is 2.54. The van der Waals surface area contributed by atoms with Gasteiger partial charge in [-0.15, -0.1) is 0 Å². The van der Waals surface area contributed by atoms with E-state index in [4.69, 9.17) is 0 Å². The van der Waals surface area contributed by atoms with Crippen molar-refractivity contribution in [1.82, 2.24) is 4.90 Å². The van der Waals surface area contributed by atoms with Crippen LogP contribution in [0.15, 0.2) is 0 Å². The van der Waals surface area contributed by atoms with Crippen molar-refractivity contribution in [3.05, 3.63) is 0 Å². The number of carbonyl (C=O) groups excluding carboxylic acids is 1. The zero-order valence-corrected chi connectivity index (χ0v) is 11.7. The predicted molar refractivity (Wildman–Crippen MR) is 69.4 cm³/mol. The van der Waals surface area contributed by atoms with Gasteiger partial charge in [0.05, 0.1) is 0 Å². The fourth-order valence-electron chi connectivity index (χ4n) is 1.57. The molecular formula is C12H24BrNO. The van der Waals surface area contributed by atoms with Crippen molar-refractivity contribution in [3.63, 3.8) is 0 Å². The molecule has 0 fully saturated rings. The van der Waals surface area contributed by atoms with Gasteiger partial charge in [-0.1, -0.05) is 42.1 Å². The van der Waals surface area contributed by atoms with Crippen LogP contribution in [0.1, 0.15) is 52.4 Å². The SMILES string of the molecule is CCCCCCC(=O)N(CC)CCCBr. The molecule has 0 aliphatic heterocycles. The number of hydrogen-bond acceptors (Lipinski definition) is 1. The van der Waals surface area contributed by atoms with Crippen LogP contribution in [0.25, 0.3) is 0 Å². The normalized spacial score (nSPS) is 10.3. The fourth-order valence-corrected chi connectivity index (χ4v) is 1.82. The van der Waals surface area contributed by atoms with Crippen LogP contribution < -0.4 is 0 Å². The minimum Gasteiger partial charge on any atom is -0.343 e. The number of amides is 1. The molecule has 0 radical (unpaired) electrons. The summed E-state index contributed by atoms with van der Waals surface area (Å²) in [7, 11) is 0. The van der Waals surface area contributed by atoms with Gasteiger partial charge in [0.1, 0.15) is 0 Å². The molecule has 0 rings (SSSR count). The summed E-state index contributed by atoms with van der Waals surface area (Å²) in [5, 5.41) is 0.979. The Morgan fingerprint density at radius 2 is 1.87 bits per heavy atom. The monoisotopic (exact) mass is 277 g/mol. The number of hydrogen-bond donors (Lipinski definition) is 0. The third-order valence-corrected chi connectivity index (χ3v) is 3.10. The minimum absolute atomic E-state index is 0.328. The van der Waals surface area contributed by atoms with E-state index in [-0.39, 0.29) is 0 Å². The summed E-state index contributed by atoms with van der Waals surface area (Å²) in [5.74, 6) is 0.328. The van der Waals surface area contributed by atoms with Crippen LogP contribution in [-0.4, -0.2) is 29.2 Å². The Labute approximate surface area is 103 Å². The summed E-state index contributed by atoms with van der Waals surface area (Å²) in [6, 6.07) is 0. The van der Waals surface area contributed by atoms with E-state index in [0.29, 0.717) is 5.91 Å². The van der Waals surface area contributed by atoms with Crippen molar-refractivity contribution in [2.75, 3.05) is 18.4 Å². The molecule has 0 spiro atoms. The summed E-state index contributed by atoms with van der Waals surface area (Å²) < 4.78 is 0. The van der Waals surface area contributed by atoms with Gasteiger partial charge >= 0.3 is 0 Å². The van der Waals surface area contributed by atoms with Gasteiger partial charge < -0.3 is 4.90 Å². The molecule has 0 N–H and O–H groups in total. The number of rotatable bonds is 9. The van der Waals surface area contributed by atoms with E-state index in [1.165, 1.54) is 19.3 Å². The van der Waals surface area contributed by atoms with Crippen molar-refractivity contribution in [3.8, 4) is 0 Å². The van der Waals surface area contributed by atoms with Crippen LogP contribution in [0.4, 0.5) is 0 Å². The average Bonchev–Trinajstić information content (AvgIpc) is 2.25. The standard InChI is InChI=1S/C12H24BrNO/c1-3-5-6-7-9-12(15)14(4-2)11-8-10-13/h3-11H2,1-2H3. The van der Waals surface area contributed by atoms with Gasteiger partial charge in [-0.25, -0.2) is 0 Å². The smallest absolute Gasteiger partial charge is 0.222 e. The second kappa shape index (κ2) is 10.5. The molecule has 0 heterocycles. The molecule has 0 unspecified atom stereocenters. The van der Waals surface area contributed by atoms with Crippen LogP contribution in [0.2, 0.25) is 0 Å². The highest BCUT2D eigenvalue weighted by molar-refractivity contribution is 9.09. The summed E-state index contributed by atoms with van der Waals surface area (Å²) in [6.45, 7) is 5.99. The second-order valence-electron chi connectivity index (χ2n) is 3.83. The molecule has 1 amide bonds. The molecule has 0 aliphatic rings. The summed E-state index contributed by atoms with van der Waals surface area (Å²) in [5.41, 5.74) is 0. The highest BCUT2D eigenvalue weighted by Crippen LogP contribution is 2.06. The van der Waals surface area contributed by atoms with Gasteiger partial charge in [-0.3, -0.25) is 4.79 Å². The van der Waals surface area contributed by atoms with Crippen molar-refractivity contribution in [2.24, 2.45) is 0 Å². The molecule has 0 aliphatic carbocycles. The first-order chi connectivity index (χ1) is 7.26. The third kappa shape index (κ3) is 7.83. The Balaban J connectivity index is 3.63. The molecule has 90 valence electrons. The Hall–Kier alpha value is -0.0500. The molecule has 0 atom stereocenters. The minimum atomic E-state index is 0.328. The summed E-state index contributed by atoms with van der Waals surface area (Å²) >= 11 is 3.39. The van der Waals surface area contributed by atoms with Gasteiger partial charge in [0, 0.05) is 24.8 Å². The maximum atomic E-state index is 11.8. The lowest BCUT2D eigenvalue weighted by Crippen LogP contribution is -2.31. The number of carbonyl (C=O) groups is 1. The predicted octanol–water partition coefficient (Wildman–Crippen LogP) is 3.59. The zero-order valence-electron chi connectivity index (χ0n) is 10.1. The lowest BCUT2D eigenvalue weighted by atomic mass is 10.1. The van der Waals surface area contributed by atoms with Gasteiger partial charge in [0.2, 0.25) is 5.91 Å². The number of halogens is 1. The first kappa shape index (κ1) is 14.9. The Morgan fingerprint density at radius 3 is 2.40 bits per heavy atom. The number of nitrogens with zero attached hydrogens (tertiary/aromatic N) is 1. The van der Waals surface area contributed by atoms with Crippen molar-refractivity contribution >= 4 is 21.8 Å². The quantitative estimate of drug-likeness (QED) is 0.466. The molecule has 0 saturated carbocycles. The molecular weight excluding hydrogens is 254 g/mol. The van der Waals surface area contributed by atoms with E-state index in [9.17, 15) is 4.79 Å². The van der Waals surface area contributed by atoms with E-state index < -0.39 is 0 Å². The highest BCUT2D eigenvalue weighted by atomic mass is 79.9. The number of unbranched alkanes of at least 4 members (excludes halogenated alkanes) is 3. The second-order valence-corrected chi connectivity index (χ2v) is 4.62. The highest BCUT2D eigenvalue weighted by Gasteiger charge is 2.09. The van der Waals surface area contributed by atoms with Gasteiger partial charge in [-0.2, -0.15) is 0 Å². The molecule has 0 aromatic heterocycles. The topological polar surface area (TPSA) is 20.3 Å². The lowest BCUT2D eigenvalue weighted by Gasteiger charge is -2.20. The van der Waals surface area contributed by atoms with Crippen LogP contribution in [0.5, 0.6) is 0 Å². The lowest BCUT2D eigenvalue weighted by molar-refractivity contribution is -0.131.